The Kier molecular flexibility index (Phi) is 12.2. The number of halogens is 1. The molecular formula is C20H32ClN3O2S. The Morgan fingerprint density at radius 3 is 2.56 bits per heavy atom. The van der Waals surface area contributed by atoms with Gasteiger partial charge in [0.2, 0.25) is 5.91 Å². The smallest absolute Gasteiger partial charge is 0.252 e. The number of thioether (sulfide) groups is 1. The van der Waals surface area contributed by atoms with Gasteiger partial charge in [-0.1, -0.05) is 38.3 Å². The van der Waals surface area contributed by atoms with E-state index in [4.69, 9.17) is 0 Å². The van der Waals surface area contributed by atoms with Crippen molar-refractivity contribution in [1.82, 2.24) is 16.0 Å². The zero-order chi connectivity index (χ0) is 18.6. The molecule has 1 saturated carbocycles. The van der Waals surface area contributed by atoms with Gasteiger partial charge in [0.15, 0.2) is 0 Å². The number of rotatable bonds is 10. The molecule has 27 heavy (non-hydrogen) atoms. The normalized spacial score (nSPS) is 14.3. The molecule has 1 fully saturated rings. The maximum absolute atomic E-state index is 12.4. The summed E-state index contributed by atoms with van der Waals surface area (Å²) in [5.41, 5.74) is 0.633. The Balaban J connectivity index is 0.00000364. The molecule has 0 unspecified atom stereocenters. The van der Waals surface area contributed by atoms with Crippen molar-refractivity contribution in [2.24, 2.45) is 5.92 Å². The van der Waals surface area contributed by atoms with Crippen LogP contribution in [-0.4, -0.2) is 43.7 Å². The van der Waals surface area contributed by atoms with Gasteiger partial charge in [0.25, 0.3) is 5.91 Å². The van der Waals surface area contributed by atoms with Crippen LogP contribution in [0.25, 0.3) is 0 Å². The molecule has 0 heterocycles. The van der Waals surface area contributed by atoms with Crippen LogP contribution in [0, 0.1) is 5.92 Å². The summed E-state index contributed by atoms with van der Waals surface area (Å²) in [6, 6.07) is 7.47. The van der Waals surface area contributed by atoms with Crippen LogP contribution in [0.5, 0.6) is 0 Å². The average Bonchev–Trinajstić information content (AvgIpc) is 2.69. The fraction of sp³-hybridized carbons (Fsp3) is 0.600. The molecule has 0 bridgehead atoms. The summed E-state index contributed by atoms with van der Waals surface area (Å²) in [6.45, 7) is 5.05. The highest BCUT2D eigenvalue weighted by Gasteiger charge is 2.15. The molecule has 1 aromatic rings. The Morgan fingerprint density at radius 1 is 1.07 bits per heavy atom. The second kappa shape index (κ2) is 13.9. The molecule has 5 nitrogen and oxygen atoms in total. The summed E-state index contributed by atoms with van der Waals surface area (Å²) < 4.78 is 0. The number of hydrogen-bond acceptors (Lipinski definition) is 4. The van der Waals surface area contributed by atoms with Crippen molar-refractivity contribution >= 4 is 36.0 Å². The number of hydrogen-bond donors (Lipinski definition) is 3. The standard InChI is InChI=1S/C20H31N3O2S.ClH/c1-2-21-12-13-22-20(25)17-10-6-7-11-18(17)26-15-19(24)23-14-16-8-4-3-5-9-16;/h6-7,10-11,16,21H,2-5,8-9,12-15H2,1H3,(H,22,25)(H,23,24);1H. The lowest BCUT2D eigenvalue weighted by molar-refractivity contribution is -0.118. The van der Waals surface area contributed by atoms with Gasteiger partial charge in [-0.05, 0) is 37.4 Å². The van der Waals surface area contributed by atoms with Crippen LogP contribution in [0.1, 0.15) is 49.4 Å². The number of likely N-dealkylation sites (N-methyl/N-ethyl adjacent to an activating group) is 1. The molecule has 0 atom stereocenters. The van der Waals surface area contributed by atoms with Gasteiger partial charge in [-0.25, -0.2) is 0 Å². The monoisotopic (exact) mass is 413 g/mol. The highest BCUT2D eigenvalue weighted by atomic mass is 35.5. The number of benzene rings is 1. The molecule has 1 aromatic carbocycles. The fourth-order valence-corrected chi connectivity index (χ4v) is 4.04. The van der Waals surface area contributed by atoms with Crippen molar-refractivity contribution < 1.29 is 9.59 Å². The summed E-state index contributed by atoms with van der Waals surface area (Å²) in [4.78, 5) is 25.3. The minimum atomic E-state index is -0.0892. The minimum Gasteiger partial charge on any atom is -0.355 e. The Hall–Kier alpha value is -1.24. The molecule has 3 N–H and O–H groups in total. The van der Waals surface area contributed by atoms with Crippen molar-refractivity contribution in [3.8, 4) is 0 Å². The van der Waals surface area contributed by atoms with E-state index in [1.165, 1.54) is 43.9 Å². The first-order valence-electron chi connectivity index (χ1n) is 9.68. The number of amides is 2. The first-order valence-corrected chi connectivity index (χ1v) is 10.7. The molecule has 1 aliphatic rings. The Labute approximate surface area is 173 Å². The molecule has 0 radical (unpaired) electrons. The van der Waals surface area contributed by atoms with Crippen LogP contribution in [0.15, 0.2) is 29.2 Å². The van der Waals surface area contributed by atoms with E-state index in [9.17, 15) is 9.59 Å². The van der Waals surface area contributed by atoms with Crippen LogP contribution < -0.4 is 16.0 Å². The molecule has 2 rings (SSSR count). The number of nitrogens with one attached hydrogen (secondary N) is 3. The van der Waals surface area contributed by atoms with Crippen LogP contribution in [0.3, 0.4) is 0 Å². The quantitative estimate of drug-likeness (QED) is 0.407. The van der Waals surface area contributed by atoms with Gasteiger partial charge < -0.3 is 16.0 Å². The van der Waals surface area contributed by atoms with E-state index in [1.54, 1.807) is 0 Å². The van der Waals surface area contributed by atoms with Crippen molar-refractivity contribution in [2.75, 3.05) is 31.9 Å². The maximum atomic E-state index is 12.4. The van der Waals surface area contributed by atoms with Crippen LogP contribution in [-0.2, 0) is 4.79 Å². The summed E-state index contributed by atoms with van der Waals surface area (Å²) in [7, 11) is 0. The second-order valence-electron chi connectivity index (χ2n) is 6.70. The highest BCUT2D eigenvalue weighted by Crippen LogP contribution is 2.24. The SMILES string of the molecule is CCNCCNC(=O)c1ccccc1SCC(=O)NCC1CCCCC1.Cl. The largest absolute Gasteiger partial charge is 0.355 e. The first kappa shape index (κ1) is 23.8. The number of carbonyl (C=O) groups is 2. The second-order valence-corrected chi connectivity index (χ2v) is 7.72. The Bertz CT molecular complexity index is 580. The van der Waals surface area contributed by atoms with Crippen molar-refractivity contribution in [3.05, 3.63) is 29.8 Å². The lowest BCUT2D eigenvalue weighted by Crippen LogP contribution is -2.32. The van der Waals surface area contributed by atoms with Gasteiger partial charge in [0.05, 0.1) is 11.3 Å². The van der Waals surface area contributed by atoms with E-state index in [0.717, 1.165) is 24.5 Å². The third-order valence-electron chi connectivity index (χ3n) is 4.64. The van der Waals surface area contributed by atoms with Crippen LogP contribution >= 0.6 is 24.2 Å². The topological polar surface area (TPSA) is 70.2 Å². The van der Waals surface area contributed by atoms with E-state index >= 15 is 0 Å². The third kappa shape index (κ3) is 9.00. The minimum absolute atomic E-state index is 0. The fourth-order valence-electron chi connectivity index (χ4n) is 3.16. The van der Waals surface area contributed by atoms with Gasteiger partial charge in [0.1, 0.15) is 0 Å². The van der Waals surface area contributed by atoms with E-state index in [-0.39, 0.29) is 24.2 Å². The van der Waals surface area contributed by atoms with Crippen molar-refractivity contribution in [3.63, 3.8) is 0 Å². The summed E-state index contributed by atoms with van der Waals surface area (Å²) >= 11 is 1.43. The van der Waals surface area contributed by atoms with Crippen molar-refractivity contribution in [2.45, 2.75) is 43.9 Å². The molecule has 0 spiro atoms. The molecule has 2 amide bonds. The van der Waals surface area contributed by atoms with Gasteiger partial charge >= 0.3 is 0 Å². The molecule has 7 heteroatoms. The van der Waals surface area contributed by atoms with Crippen LogP contribution in [0.4, 0.5) is 0 Å². The van der Waals surface area contributed by atoms with Gasteiger partial charge in [-0.3, -0.25) is 9.59 Å². The van der Waals surface area contributed by atoms with Gasteiger partial charge in [-0.15, -0.1) is 24.2 Å². The summed E-state index contributed by atoms with van der Waals surface area (Å²) in [6.07, 6.45) is 6.34. The van der Waals surface area contributed by atoms with E-state index in [2.05, 4.69) is 16.0 Å². The zero-order valence-electron chi connectivity index (χ0n) is 16.1. The molecule has 0 aliphatic heterocycles. The summed E-state index contributed by atoms with van der Waals surface area (Å²) in [5, 5.41) is 9.14. The highest BCUT2D eigenvalue weighted by molar-refractivity contribution is 8.00. The van der Waals surface area contributed by atoms with Crippen molar-refractivity contribution in [1.29, 1.82) is 0 Å². The Morgan fingerprint density at radius 2 is 1.81 bits per heavy atom. The average molecular weight is 414 g/mol. The van der Waals surface area contributed by atoms with E-state index in [0.29, 0.717) is 23.8 Å². The molecule has 152 valence electrons. The van der Waals surface area contributed by atoms with Gasteiger partial charge in [-0.2, -0.15) is 0 Å². The molecule has 1 aliphatic carbocycles. The summed E-state index contributed by atoms with van der Waals surface area (Å²) in [5.74, 6) is 0.929. The lowest BCUT2D eigenvalue weighted by Gasteiger charge is -2.21. The van der Waals surface area contributed by atoms with Crippen LogP contribution in [0.2, 0.25) is 0 Å². The predicted octanol–water partition coefficient (Wildman–Crippen LogP) is 3.24. The third-order valence-corrected chi connectivity index (χ3v) is 5.71. The lowest BCUT2D eigenvalue weighted by atomic mass is 9.89. The van der Waals surface area contributed by atoms with Gasteiger partial charge in [0, 0.05) is 24.5 Å². The zero-order valence-corrected chi connectivity index (χ0v) is 17.7. The van der Waals surface area contributed by atoms with E-state index in [1.807, 2.05) is 31.2 Å². The maximum Gasteiger partial charge on any atom is 0.252 e. The predicted molar refractivity (Wildman–Crippen MR) is 115 cm³/mol. The number of carbonyl (C=O) groups excluding carboxylic acids is 2. The molecular weight excluding hydrogens is 382 g/mol. The van der Waals surface area contributed by atoms with E-state index < -0.39 is 0 Å². The first-order chi connectivity index (χ1) is 12.7. The molecule has 0 aromatic heterocycles. The molecule has 0 saturated heterocycles.